The number of hydrogen-bond donors (Lipinski definition) is 7. The summed E-state index contributed by atoms with van der Waals surface area (Å²) in [5.41, 5.74) is 5.61. The van der Waals surface area contributed by atoms with Crippen LogP contribution >= 0.6 is 0 Å². The van der Waals surface area contributed by atoms with Gasteiger partial charge in [-0.1, -0.05) is 0 Å². The molecule has 0 aromatic rings. The first-order chi connectivity index (χ1) is 15.3. The third-order valence-corrected chi connectivity index (χ3v) is 5.15. The van der Waals surface area contributed by atoms with Crippen LogP contribution in [-0.4, -0.2) is 97.8 Å². The van der Waals surface area contributed by atoms with Crippen molar-refractivity contribution in [2.24, 2.45) is 5.73 Å². The number of amides is 3. The molecule has 1 aliphatic heterocycles. The topological polar surface area (TPSA) is 237 Å². The Bertz CT molecular complexity index is 772. The van der Waals surface area contributed by atoms with Crippen molar-refractivity contribution in [2.75, 3.05) is 6.54 Å². The molecule has 5 atom stereocenters. The third kappa shape index (κ3) is 8.65. The number of carbonyl (C=O) groups excluding carboxylic acids is 3. The Labute approximate surface area is 189 Å². The Morgan fingerprint density at radius 2 is 1.55 bits per heavy atom. The number of aliphatic hydroxyl groups is 1. The van der Waals surface area contributed by atoms with Gasteiger partial charge in [0.05, 0.1) is 12.1 Å². The lowest BCUT2D eigenvalue weighted by molar-refractivity contribution is -0.150. The highest BCUT2D eigenvalue weighted by Crippen LogP contribution is 2.19. The number of carboxylic acids is 3. The minimum Gasteiger partial charge on any atom is -0.481 e. The van der Waals surface area contributed by atoms with Crippen LogP contribution in [0.3, 0.4) is 0 Å². The first-order valence-corrected chi connectivity index (χ1v) is 10.4. The molecule has 0 spiro atoms. The van der Waals surface area contributed by atoms with Gasteiger partial charge in [0, 0.05) is 19.4 Å². The monoisotopic (exact) mass is 474 g/mol. The Kier molecular flexibility index (Phi) is 10.7. The van der Waals surface area contributed by atoms with E-state index < -0.39 is 78.7 Å². The van der Waals surface area contributed by atoms with E-state index in [1.165, 1.54) is 6.92 Å². The van der Waals surface area contributed by atoms with Crippen LogP contribution in [0.15, 0.2) is 0 Å². The highest BCUT2D eigenvalue weighted by atomic mass is 16.4. The molecule has 14 nitrogen and oxygen atoms in total. The molecule has 3 amide bonds. The number of rotatable bonds is 13. The van der Waals surface area contributed by atoms with Crippen molar-refractivity contribution in [2.45, 2.75) is 75.7 Å². The summed E-state index contributed by atoms with van der Waals surface area (Å²) in [6, 6.07) is -5.38. The quantitative estimate of drug-likeness (QED) is 0.147. The predicted octanol–water partition coefficient (Wildman–Crippen LogP) is -2.53. The standard InChI is InChI=1S/C19H30N4O10/c1-9(24)15(18(31)23-8-2-3-12(23)19(32)33)22-17(30)11(5-7-14(27)28)21-16(29)10(20)4-6-13(25)26/h9-12,15,24H,2-8,20H2,1H3,(H,21,29)(H,22,30)(H,25,26)(H,27,28)(H,32,33). The van der Waals surface area contributed by atoms with E-state index in [4.69, 9.17) is 15.9 Å². The van der Waals surface area contributed by atoms with Gasteiger partial charge in [0.15, 0.2) is 0 Å². The van der Waals surface area contributed by atoms with Gasteiger partial charge in [-0.15, -0.1) is 0 Å². The van der Waals surface area contributed by atoms with Crippen molar-refractivity contribution in [1.29, 1.82) is 0 Å². The molecule has 0 aromatic carbocycles. The number of nitrogens with two attached hydrogens (primary N) is 1. The normalized spacial score (nSPS) is 19.1. The lowest BCUT2D eigenvalue weighted by Gasteiger charge is -2.30. The lowest BCUT2D eigenvalue weighted by atomic mass is 10.1. The Morgan fingerprint density at radius 3 is 2.06 bits per heavy atom. The summed E-state index contributed by atoms with van der Waals surface area (Å²) in [5.74, 6) is -6.38. The summed E-state index contributed by atoms with van der Waals surface area (Å²) >= 11 is 0. The Hall–Kier alpha value is -3.26. The zero-order valence-corrected chi connectivity index (χ0v) is 18.1. The van der Waals surface area contributed by atoms with Crippen LogP contribution in [0.5, 0.6) is 0 Å². The number of nitrogens with one attached hydrogen (secondary N) is 2. The van der Waals surface area contributed by atoms with Crippen LogP contribution < -0.4 is 16.4 Å². The lowest BCUT2D eigenvalue weighted by Crippen LogP contribution is -2.59. The number of nitrogens with zero attached hydrogens (tertiary/aromatic N) is 1. The predicted molar refractivity (Wildman–Crippen MR) is 110 cm³/mol. The second kappa shape index (κ2) is 12.7. The minimum atomic E-state index is -1.54. The zero-order chi connectivity index (χ0) is 25.3. The summed E-state index contributed by atoms with van der Waals surface area (Å²) < 4.78 is 0. The molecule has 0 aliphatic carbocycles. The SMILES string of the molecule is CC(O)C(NC(=O)C(CCC(=O)O)NC(=O)C(N)CCC(=O)O)C(=O)N1CCCC1C(=O)O. The van der Waals surface area contributed by atoms with Gasteiger partial charge in [0.2, 0.25) is 17.7 Å². The number of aliphatic hydroxyl groups excluding tert-OH is 1. The molecule has 186 valence electrons. The summed E-state index contributed by atoms with van der Waals surface area (Å²) in [7, 11) is 0. The molecule has 1 heterocycles. The number of likely N-dealkylation sites (tertiary alicyclic amines) is 1. The molecule has 1 aliphatic rings. The van der Waals surface area contributed by atoms with Crippen molar-refractivity contribution in [3.63, 3.8) is 0 Å². The van der Waals surface area contributed by atoms with E-state index in [9.17, 15) is 39.0 Å². The van der Waals surface area contributed by atoms with Gasteiger partial charge < -0.3 is 41.7 Å². The maximum absolute atomic E-state index is 12.8. The summed E-state index contributed by atoms with van der Waals surface area (Å²) in [6.07, 6.45) is -2.31. The van der Waals surface area contributed by atoms with Gasteiger partial charge in [0.25, 0.3) is 0 Å². The van der Waals surface area contributed by atoms with E-state index in [0.717, 1.165) is 4.90 Å². The van der Waals surface area contributed by atoms with E-state index in [1.54, 1.807) is 0 Å². The maximum Gasteiger partial charge on any atom is 0.326 e. The summed E-state index contributed by atoms with van der Waals surface area (Å²) in [6.45, 7) is 1.33. The number of aliphatic carboxylic acids is 3. The van der Waals surface area contributed by atoms with Crippen LogP contribution in [-0.2, 0) is 28.8 Å². The number of carboxylic acid groups (broad SMARTS) is 3. The van der Waals surface area contributed by atoms with E-state index in [-0.39, 0.29) is 25.8 Å². The molecule has 0 saturated carbocycles. The number of carbonyl (C=O) groups is 6. The fourth-order valence-corrected chi connectivity index (χ4v) is 3.33. The van der Waals surface area contributed by atoms with Crippen molar-refractivity contribution in [3.8, 4) is 0 Å². The van der Waals surface area contributed by atoms with Crippen molar-refractivity contribution >= 4 is 35.6 Å². The van der Waals surface area contributed by atoms with Gasteiger partial charge in [-0.2, -0.15) is 0 Å². The highest BCUT2D eigenvalue weighted by molar-refractivity contribution is 5.94. The first kappa shape index (κ1) is 27.8. The fraction of sp³-hybridized carbons (Fsp3) is 0.684. The fourth-order valence-electron chi connectivity index (χ4n) is 3.33. The molecule has 0 aromatic heterocycles. The van der Waals surface area contributed by atoms with E-state index in [0.29, 0.717) is 6.42 Å². The molecule has 8 N–H and O–H groups in total. The molecule has 33 heavy (non-hydrogen) atoms. The largest absolute Gasteiger partial charge is 0.481 e. The molecule has 5 unspecified atom stereocenters. The second-order valence-corrected chi connectivity index (χ2v) is 7.79. The van der Waals surface area contributed by atoms with Gasteiger partial charge in [-0.3, -0.25) is 24.0 Å². The van der Waals surface area contributed by atoms with Crippen molar-refractivity contribution in [3.05, 3.63) is 0 Å². The van der Waals surface area contributed by atoms with Crippen LogP contribution in [0.25, 0.3) is 0 Å². The second-order valence-electron chi connectivity index (χ2n) is 7.79. The molecular weight excluding hydrogens is 444 g/mol. The Balaban J connectivity index is 2.96. The first-order valence-electron chi connectivity index (χ1n) is 10.4. The summed E-state index contributed by atoms with van der Waals surface area (Å²) in [4.78, 5) is 71.9. The maximum atomic E-state index is 12.8. The zero-order valence-electron chi connectivity index (χ0n) is 18.1. The van der Waals surface area contributed by atoms with Gasteiger partial charge in [0.1, 0.15) is 18.1 Å². The van der Waals surface area contributed by atoms with E-state index in [2.05, 4.69) is 10.6 Å². The third-order valence-electron chi connectivity index (χ3n) is 5.15. The number of hydrogen-bond acceptors (Lipinski definition) is 8. The molecular formula is C19H30N4O10. The molecule has 1 fully saturated rings. The van der Waals surface area contributed by atoms with Crippen LogP contribution in [0.4, 0.5) is 0 Å². The van der Waals surface area contributed by atoms with E-state index >= 15 is 0 Å². The molecule has 0 radical (unpaired) electrons. The van der Waals surface area contributed by atoms with Crippen molar-refractivity contribution in [1.82, 2.24) is 15.5 Å². The van der Waals surface area contributed by atoms with Crippen LogP contribution in [0.2, 0.25) is 0 Å². The average Bonchev–Trinajstić information content (AvgIpc) is 3.22. The van der Waals surface area contributed by atoms with Crippen LogP contribution in [0, 0.1) is 0 Å². The van der Waals surface area contributed by atoms with Gasteiger partial charge in [-0.25, -0.2) is 4.79 Å². The van der Waals surface area contributed by atoms with Gasteiger partial charge in [-0.05, 0) is 32.6 Å². The smallest absolute Gasteiger partial charge is 0.326 e. The highest BCUT2D eigenvalue weighted by Gasteiger charge is 2.40. The Morgan fingerprint density at radius 1 is 0.970 bits per heavy atom. The van der Waals surface area contributed by atoms with Crippen LogP contribution in [0.1, 0.15) is 45.4 Å². The summed E-state index contributed by atoms with van der Waals surface area (Å²) in [5, 5.41) is 41.4. The van der Waals surface area contributed by atoms with Gasteiger partial charge >= 0.3 is 17.9 Å². The van der Waals surface area contributed by atoms with E-state index in [1.807, 2.05) is 0 Å². The molecule has 0 bridgehead atoms. The average molecular weight is 474 g/mol. The molecule has 1 saturated heterocycles. The molecule has 14 heteroatoms. The minimum absolute atomic E-state index is 0.118. The van der Waals surface area contributed by atoms with Crippen molar-refractivity contribution < 1.29 is 49.2 Å². The molecule has 1 rings (SSSR count).